The maximum Gasteiger partial charge on any atom is 0.124 e. The summed E-state index contributed by atoms with van der Waals surface area (Å²) >= 11 is 0. The van der Waals surface area contributed by atoms with Crippen molar-refractivity contribution >= 4 is 11.9 Å². The second-order valence-corrected chi connectivity index (χ2v) is 4.88. The molecule has 0 amide bonds. The van der Waals surface area contributed by atoms with Gasteiger partial charge in [-0.25, -0.2) is 0 Å². The summed E-state index contributed by atoms with van der Waals surface area (Å²) in [6.07, 6.45) is 7.10. The molecule has 0 unspecified atom stereocenters. The number of fused-ring (bicyclic) bond motifs is 1. The van der Waals surface area contributed by atoms with Crippen LogP contribution in [0.4, 0.5) is 5.69 Å². The Bertz CT molecular complexity index is 540. The van der Waals surface area contributed by atoms with Crippen LogP contribution in [0.5, 0.6) is 0 Å². The highest BCUT2D eigenvalue weighted by atomic mass is 15.4. The van der Waals surface area contributed by atoms with E-state index in [2.05, 4.69) is 46.5 Å². The van der Waals surface area contributed by atoms with E-state index in [0.29, 0.717) is 0 Å². The van der Waals surface area contributed by atoms with E-state index in [1.165, 1.54) is 25.7 Å². The fraction of sp³-hybridized carbons (Fsp3) is 0.533. The Morgan fingerprint density at radius 1 is 1.11 bits per heavy atom. The first-order valence-corrected chi connectivity index (χ1v) is 7.18. The predicted molar refractivity (Wildman–Crippen MR) is 77.6 cm³/mol. The van der Waals surface area contributed by atoms with Crippen LogP contribution in [0.3, 0.4) is 0 Å². The monoisotopic (exact) mass is 258 g/mol. The fourth-order valence-corrected chi connectivity index (χ4v) is 2.12. The van der Waals surface area contributed by atoms with Crippen LogP contribution in [0.25, 0.3) is 6.20 Å². The predicted octanol–water partition coefficient (Wildman–Crippen LogP) is 2.96. The number of benzene rings is 1. The summed E-state index contributed by atoms with van der Waals surface area (Å²) in [6, 6.07) is 6.06. The van der Waals surface area contributed by atoms with Crippen molar-refractivity contribution in [3.05, 3.63) is 28.8 Å². The van der Waals surface area contributed by atoms with Crippen LogP contribution in [0.1, 0.15) is 39.5 Å². The highest BCUT2D eigenvalue weighted by Gasteiger charge is 2.04. The van der Waals surface area contributed by atoms with Gasteiger partial charge in [0.2, 0.25) is 0 Å². The lowest BCUT2D eigenvalue weighted by Crippen LogP contribution is -2.30. The minimum atomic E-state index is 0.875. The number of rotatable bonds is 7. The Kier molecular flexibility index (Phi) is 5.07. The van der Waals surface area contributed by atoms with Gasteiger partial charge in [-0.05, 0) is 24.1 Å². The molecule has 1 aliphatic rings. The third-order valence-electron chi connectivity index (χ3n) is 3.26. The van der Waals surface area contributed by atoms with E-state index < -0.39 is 0 Å². The average molecular weight is 258 g/mol. The molecule has 1 heterocycles. The van der Waals surface area contributed by atoms with Crippen LogP contribution in [0.2, 0.25) is 0 Å². The molecule has 0 N–H and O–H groups in total. The first-order valence-electron chi connectivity index (χ1n) is 7.18. The molecule has 0 atom stereocenters. The molecule has 0 aliphatic carbocycles. The van der Waals surface area contributed by atoms with Gasteiger partial charge >= 0.3 is 0 Å². The first-order chi connectivity index (χ1) is 9.35. The Morgan fingerprint density at radius 3 is 2.53 bits per heavy atom. The van der Waals surface area contributed by atoms with E-state index in [-0.39, 0.29) is 0 Å². The molecule has 102 valence electrons. The summed E-state index contributed by atoms with van der Waals surface area (Å²) in [4.78, 5) is 2.40. The summed E-state index contributed by atoms with van der Waals surface area (Å²) in [6.45, 7) is 6.67. The molecule has 1 aromatic carbocycles. The Morgan fingerprint density at radius 2 is 1.84 bits per heavy atom. The minimum absolute atomic E-state index is 0.875. The van der Waals surface area contributed by atoms with Crippen LogP contribution in [-0.4, -0.2) is 18.0 Å². The van der Waals surface area contributed by atoms with Crippen molar-refractivity contribution in [2.24, 2.45) is 15.4 Å². The Hall–Kier alpha value is -1.71. The fourth-order valence-electron chi connectivity index (χ4n) is 2.12. The molecule has 0 radical (unpaired) electrons. The van der Waals surface area contributed by atoms with Crippen LogP contribution in [0.15, 0.2) is 33.6 Å². The molecule has 4 nitrogen and oxygen atoms in total. The van der Waals surface area contributed by atoms with E-state index >= 15 is 0 Å². The summed E-state index contributed by atoms with van der Waals surface area (Å²) in [5, 5.41) is 13.9. The minimum Gasteiger partial charge on any atom is -0.377 e. The van der Waals surface area contributed by atoms with Gasteiger partial charge in [-0.3, -0.25) is 0 Å². The molecule has 0 aromatic heterocycles. The highest BCUT2D eigenvalue weighted by Crippen LogP contribution is 2.07. The van der Waals surface area contributed by atoms with Gasteiger partial charge < -0.3 is 4.90 Å². The highest BCUT2D eigenvalue weighted by molar-refractivity contribution is 5.39. The van der Waals surface area contributed by atoms with Gasteiger partial charge in [0.15, 0.2) is 0 Å². The molecule has 19 heavy (non-hydrogen) atoms. The summed E-state index contributed by atoms with van der Waals surface area (Å²) in [5.74, 6) is 0. The molecule has 0 fully saturated rings. The summed E-state index contributed by atoms with van der Waals surface area (Å²) in [5.41, 5.74) is 0.875. The van der Waals surface area contributed by atoms with E-state index in [4.69, 9.17) is 0 Å². The van der Waals surface area contributed by atoms with E-state index in [1.54, 1.807) is 0 Å². The molecule has 0 saturated carbocycles. The van der Waals surface area contributed by atoms with Gasteiger partial charge in [-0.2, -0.15) is 0 Å². The Labute approximate surface area is 114 Å². The SMILES string of the molecule is CCCCN(C=c1cccc2c1=NN=N2)CCCC. The van der Waals surface area contributed by atoms with Gasteiger partial charge in [0.05, 0.1) is 0 Å². The van der Waals surface area contributed by atoms with Crippen molar-refractivity contribution < 1.29 is 0 Å². The van der Waals surface area contributed by atoms with Crippen molar-refractivity contribution in [2.75, 3.05) is 13.1 Å². The zero-order valence-electron chi connectivity index (χ0n) is 11.8. The van der Waals surface area contributed by atoms with Gasteiger partial charge in [0.25, 0.3) is 0 Å². The number of unbranched alkanes of at least 4 members (excludes halogenated alkanes) is 2. The van der Waals surface area contributed by atoms with Crippen molar-refractivity contribution in [1.29, 1.82) is 0 Å². The van der Waals surface area contributed by atoms with Crippen LogP contribution < -0.4 is 10.6 Å². The molecular formula is C15H22N4. The van der Waals surface area contributed by atoms with Crippen molar-refractivity contribution in [3.63, 3.8) is 0 Å². The zero-order chi connectivity index (χ0) is 13.5. The largest absolute Gasteiger partial charge is 0.377 e. The van der Waals surface area contributed by atoms with Gasteiger partial charge in [-0.15, -0.1) is 10.2 Å². The number of hydrogen-bond donors (Lipinski definition) is 0. The molecule has 0 spiro atoms. The number of nitrogens with zero attached hydrogens (tertiary/aromatic N) is 4. The number of hydrogen-bond acceptors (Lipinski definition) is 4. The molecule has 4 heteroatoms. The molecule has 2 rings (SSSR count). The topological polar surface area (TPSA) is 40.3 Å². The quantitative estimate of drug-likeness (QED) is 0.741. The van der Waals surface area contributed by atoms with E-state index in [9.17, 15) is 0 Å². The van der Waals surface area contributed by atoms with E-state index in [0.717, 1.165) is 29.4 Å². The van der Waals surface area contributed by atoms with Gasteiger partial charge in [0.1, 0.15) is 11.0 Å². The third kappa shape index (κ3) is 3.63. The lowest BCUT2D eigenvalue weighted by Gasteiger charge is -2.19. The molecular weight excluding hydrogens is 236 g/mol. The lowest BCUT2D eigenvalue weighted by atomic mass is 10.2. The summed E-state index contributed by atoms with van der Waals surface area (Å²) < 4.78 is 0. The summed E-state index contributed by atoms with van der Waals surface area (Å²) in [7, 11) is 0. The maximum absolute atomic E-state index is 4.11. The molecule has 1 aliphatic heterocycles. The van der Waals surface area contributed by atoms with Gasteiger partial charge in [-0.1, -0.05) is 38.8 Å². The van der Waals surface area contributed by atoms with Crippen molar-refractivity contribution in [1.82, 2.24) is 4.90 Å². The maximum atomic E-state index is 4.11. The van der Waals surface area contributed by atoms with Crippen molar-refractivity contribution in [3.8, 4) is 0 Å². The molecule has 0 saturated heterocycles. The first kappa shape index (κ1) is 13.7. The van der Waals surface area contributed by atoms with Gasteiger partial charge in [0, 0.05) is 24.5 Å². The Balaban J connectivity index is 2.23. The second kappa shape index (κ2) is 7.02. The second-order valence-electron chi connectivity index (χ2n) is 4.88. The van der Waals surface area contributed by atoms with Crippen molar-refractivity contribution in [2.45, 2.75) is 39.5 Å². The lowest BCUT2D eigenvalue weighted by molar-refractivity contribution is 0.391. The molecule has 0 bridgehead atoms. The smallest absolute Gasteiger partial charge is 0.124 e. The average Bonchev–Trinajstić information content (AvgIpc) is 2.91. The third-order valence-corrected chi connectivity index (χ3v) is 3.26. The normalized spacial score (nSPS) is 13.5. The van der Waals surface area contributed by atoms with E-state index in [1.807, 2.05) is 12.1 Å². The molecule has 1 aromatic rings. The van der Waals surface area contributed by atoms with Crippen LogP contribution >= 0.6 is 0 Å². The van der Waals surface area contributed by atoms with Crippen LogP contribution in [-0.2, 0) is 0 Å². The van der Waals surface area contributed by atoms with Crippen LogP contribution in [0, 0.1) is 0 Å². The standard InChI is InChI=1S/C15H22N4/c1-3-5-10-19(11-6-4-2)12-13-8-7-9-14-15(13)17-18-16-14/h7-9,12H,3-6,10-11H2,1-2H3. The zero-order valence-corrected chi connectivity index (χ0v) is 11.8.